The van der Waals surface area contributed by atoms with Gasteiger partial charge in [-0.3, -0.25) is 14.8 Å². The molecule has 3 atom stereocenters. The van der Waals surface area contributed by atoms with Crippen LogP contribution in [0.2, 0.25) is 0 Å². The second kappa shape index (κ2) is 14.9. The number of carbonyl (C=O) groups is 2. The molecule has 2 amide bonds. The van der Waals surface area contributed by atoms with E-state index in [0.717, 1.165) is 22.3 Å². The van der Waals surface area contributed by atoms with E-state index in [4.69, 9.17) is 14.7 Å². The van der Waals surface area contributed by atoms with Crippen LogP contribution in [-0.4, -0.2) is 54.2 Å². The van der Waals surface area contributed by atoms with Crippen molar-refractivity contribution in [2.75, 3.05) is 5.75 Å². The van der Waals surface area contributed by atoms with Crippen LogP contribution in [0.15, 0.2) is 53.7 Å². The molecule has 2 aromatic carbocycles. The summed E-state index contributed by atoms with van der Waals surface area (Å²) in [5, 5.41) is 33.1. The maximum absolute atomic E-state index is 12.1. The zero-order valence-electron chi connectivity index (χ0n) is 22.2. The van der Waals surface area contributed by atoms with Gasteiger partial charge in [0, 0.05) is 44.2 Å². The summed E-state index contributed by atoms with van der Waals surface area (Å²) in [5.74, 6) is 0.0970. The minimum absolute atomic E-state index is 0.0152. The second-order valence-electron chi connectivity index (χ2n) is 9.51. The molecule has 0 radical (unpaired) electrons. The van der Waals surface area contributed by atoms with Gasteiger partial charge in [0.25, 0.3) is 0 Å². The first-order valence-electron chi connectivity index (χ1n) is 13.1. The molecule has 1 aliphatic rings. The molecule has 4 N–H and O–H groups in total. The molecule has 1 fully saturated rings. The fourth-order valence-electron chi connectivity index (χ4n) is 4.24. The van der Waals surface area contributed by atoms with Crippen LogP contribution in [0.5, 0.6) is 0 Å². The molecule has 0 aliphatic carbocycles. The second-order valence-corrected chi connectivity index (χ2v) is 10.5. The van der Waals surface area contributed by atoms with Gasteiger partial charge in [-0.1, -0.05) is 60.3 Å². The number of thioether (sulfide) groups is 1. The third-order valence-electron chi connectivity index (χ3n) is 6.52. The molecule has 40 heavy (non-hydrogen) atoms. The number of unbranched alkanes of at least 4 members (excludes halogenated alkanes) is 1. The highest BCUT2D eigenvalue weighted by Crippen LogP contribution is 2.39. The van der Waals surface area contributed by atoms with E-state index in [1.807, 2.05) is 48.5 Å². The number of aliphatic hydroxyl groups excluding tert-OH is 1. The molecule has 214 valence electrons. The summed E-state index contributed by atoms with van der Waals surface area (Å²) in [6.45, 7) is 0.367. The van der Waals surface area contributed by atoms with Crippen LogP contribution in [0.1, 0.15) is 66.8 Å². The number of rotatable bonds is 13. The highest BCUT2D eigenvalue weighted by molar-refractivity contribution is 7.99. The first-order valence-corrected chi connectivity index (χ1v) is 14.1. The maximum atomic E-state index is 12.1. The standard InChI is InChI=1S/C27H34N6O6S/c1-33-27(29-31-32-33)40-17-22-14-23(20-10-8-19(16-34)9-11-20)39-26(38-22)21-12-6-18(7-13-21)15-28-24(35)4-2-3-5-25(36)30-37/h6-13,22-23,26,34,37H,2-5,14-17H2,1H3,(H,28,35)(H,30,36)/t22-,23+,26+/m0/s1. The fraction of sp³-hybridized carbons (Fsp3) is 0.444. The van der Waals surface area contributed by atoms with Crippen molar-refractivity contribution >= 4 is 23.6 Å². The minimum atomic E-state index is -0.584. The normalized spacial score (nSPS) is 18.8. The molecule has 0 spiro atoms. The van der Waals surface area contributed by atoms with Crippen LogP contribution in [0.3, 0.4) is 0 Å². The number of aromatic nitrogens is 4. The van der Waals surface area contributed by atoms with Crippen molar-refractivity contribution in [3.05, 3.63) is 70.8 Å². The molecule has 1 saturated heterocycles. The molecule has 12 nitrogen and oxygen atoms in total. The fourth-order valence-corrected chi connectivity index (χ4v) is 5.11. The molecular formula is C27H34N6O6S. The number of hydroxylamine groups is 1. The molecular weight excluding hydrogens is 536 g/mol. The Kier molecular flexibility index (Phi) is 11.0. The van der Waals surface area contributed by atoms with Crippen LogP contribution in [-0.2, 0) is 39.3 Å². The van der Waals surface area contributed by atoms with E-state index >= 15 is 0 Å². The van der Waals surface area contributed by atoms with Crippen molar-refractivity contribution in [3.8, 4) is 0 Å². The Morgan fingerprint density at radius 3 is 2.33 bits per heavy atom. The first-order chi connectivity index (χ1) is 19.4. The average Bonchev–Trinajstić information content (AvgIpc) is 3.41. The van der Waals surface area contributed by atoms with Crippen molar-refractivity contribution in [2.24, 2.45) is 7.05 Å². The number of hydrogen-bond acceptors (Lipinski definition) is 10. The summed E-state index contributed by atoms with van der Waals surface area (Å²) in [6.07, 6.45) is 1.33. The smallest absolute Gasteiger partial charge is 0.243 e. The minimum Gasteiger partial charge on any atom is -0.392 e. The molecule has 3 aromatic rings. The van der Waals surface area contributed by atoms with E-state index in [2.05, 4.69) is 20.8 Å². The largest absolute Gasteiger partial charge is 0.392 e. The van der Waals surface area contributed by atoms with Gasteiger partial charge in [0.2, 0.25) is 17.0 Å². The van der Waals surface area contributed by atoms with E-state index < -0.39 is 12.2 Å². The zero-order valence-corrected chi connectivity index (χ0v) is 23.0. The molecule has 2 heterocycles. The predicted octanol–water partition coefficient (Wildman–Crippen LogP) is 2.72. The molecule has 0 bridgehead atoms. The summed E-state index contributed by atoms with van der Waals surface area (Å²) in [5.41, 5.74) is 5.24. The Hall–Kier alpha value is -3.36. The monoisotopic (exact) mass is 570 g/mol. The van der Waals surface area contributed by atoms with Crippen molar-refractivity contribution in [2.45, 2.75) is 68.9 Å². The molecule has 13 heteroatoms. The predicted molar refractivity (Wildman–Crippen MR) is 145 cm³/mol. The van der Waals surface area contributed by atoms with Crippen LogP contribution in [0.4, 0.5) is 0 Å². The zero-order chi connectivity index (χ0) is 28.3. The number of carbonyl (C=O) groups excluding carboxylic acids is 2. The van der Waals surface area contributed by atoms with E-state index in [9.17, 15) is 14.7 Å². The molecule has 1 aliphatic heterocycles. The van der Waals surface area contributed by atoms with Crippen LogP contribution in [0.25, 0.3) is 0 Å². The highest BCUT2D eigenvalue weighted by atomic mass is 32.2. The lowest BCUT2D eigenvalue weighted by Crippen LogP contribution is -2.31. The Bertz CT molecular complexity index is 1240. The van der Waals surface area contributed by atoms with Crippen molar-refractivity contribution in [1.82, 2.24) is 31.0 Å². The molecule has 0 unspecified atom stereocenters. The quantitative estimate of drug-likeness (QED) is 0.104. The van der Waals surface area contributed by atoms with E-state index in [0.29, 0.717) is 43.1 Å². The number of benzene rings is 2. The highest BCUT2D eigenvalue weighted by Gasteiger charge is 2.32. The third kappa shape index (κ3) is 8.57. The number of nitrogens with zero attached hydrogens (tertiary/aromatic N) is 4. The molecule has 1 aromatic heterocycles. The Morgan fingerprint density at radius 1 is 1.00 bits per heavy atom. The lowest BCUT2D eigenvalue weighted by Gasteiger charge is -2.36. The van der Waals surface area contributed by atoms with Gasteiger partial charge in [0.15, 0.2) is 6.29 Å². The summed E-state index contributed by atoms with van der Waals surface area (Å²) in [7, 11) is 1.80. The van der Waals surface area contributed by atoms with Gasteiger partial charge in [0.1, 0.15) is 0 Å². The number of amides is 2. The molecule has 4 rings (SSSR count). The van der Waals surface area contributed by atoms with Gasteiger partial charge < -0.3 is 19.9 Å². The Morgan fingerprint density at radius 2 is 1.68 bits per heavy atom. The van der Waals surface area contributed by atoms with Crippen LogP contribution in [0, 0.1) is 0 Å². The van der Waals surface area contributed by atoms with E-state index in [1.54, 1.807) is 17.2 Å². The topological polar surface area (TPSA) is 161 Å². The SMILES string of the molecule is Cn1nnnc1SC[C@@H]1C[C@H](c2ccc(CO)cc2)O[C@H](c2ccc(CNC(=O)CCCCC(=O)NO)cc2)O1. The third-order valence-corrected chi connectivity index (χ3v) is 7.66. The Labute approximate surface area is 236 Å². The van der Waals surface area contributed by atoms with Gasteiger partial charge in [-0.15, -0.1) is 5.10 Å². The van der Waals surface area contributed by atoms with Crippen LogP contribution >= 0.6 is 11.8 Å². The lowest BCUT2D eigenvalue weighted by molar-refractivity contribution is -0.245. The number of aryl methyl sites for hydroxylation is 1. The molecule has 0 saturated carbocycles. The maximum Gasteiger partial charge on any atom is 0.243 e. The van der Waals surface area contributed by atoms with Gasteiger partial charge in [-0.05, 0) is 40.0 Å². The number of ether oxygens (including phenoxy) is 2. The van der Waals surface area contributed by atoms with E-state index in [1.165, 1.54) is 11.8 Å². The first kappa shape index (κ1) is 29.6. The average molecular weight is 571 g/mol. The van der Waals surface area contributed by atoms with Crippen molar-refractivity contribution < 1.29 is 29.4 Å². The number of nitrogens with one attached hydrogen (secondary N) is 2. The summed E-state index contributed by atoms with van der Waals surface area (Å²) < 4.78 is 14.4. The summed E-state index contributed by atoms with van der Waals surface area (Å²) in [4.78, 5) is 23.2. The Balaban J connectivity index is 1.35. The van der Waals surface area contributed by atoms with Gasteiger partial charge in [0.05, 0.1) is 18.8 Å². The van der Waals surface area contributed by atoms with E-state index in [-0.39, 0.29) is 31.1 Å². The van der Waals surface area contributed by atoms with Gasteiger partial charge >= 0.3 is 0 Å². The van der Waals surface area contributed by atoms with Gasteiger partial charge in [-0.2, -0.15) is 0 Å². The van der Waals surface area contributed by atoms with Gasteiger partial charge in [-0.25, -0.2) is 10.2 Å². The number of hydrogen-bond donors (Lipinski definition) is 4. The summed E-state index contributed by atoms with van der Waals surface area (Å²) in [6, 6.07) is 15.5. The van der Waals surface area contributed by atoms with Crippen molar-refractivity contribution in [1.29, 1.82) is 0 Å². The summed E-state index contributed by atoms with van der Waals surface area (Å²) >= 11 is 1.52. The number of aliphatic hydroxyl groups is 1. The lowest BCUT2D eigenvalue weighted by atomic mass is 10.0. The van der Waals surface area contributed by atoms with Crippen molar-refractivity contribution in [3.63, 3.8) is 0 Å². The van der Waals surface area contributed by atoms with Crippen LogP contribution < -0.4 is 10.8 Å². The number of tetrazole rings is 1.